The topological polar surface area (TPSA) is 337 Å². The Morgan fingerprint density at radius 1 is 0.253 bits per heavy atom. The lowest BCUT2D eigenvalue weighted by Gasteiger charge is -2.03. The fraction of sp³-hybridized carbons (Fsp3) is 0.0882. The summed E-state index contributed by atoms with van der Waals surface area (Å²) < 4.78 is 161. The molecule has 0 spiro atoms. The molecule has 774 valence electrons. The number of imidazole rings is 7. The number of carboxylic acid groups (broad SMARTS) is 2. The van der Waals surface area contributed by atoms with Crippen molar-refractivity contribution in [3.63, 3.8) is 0 Å². The number of carbonyl (C=O) groups is 2. The van der Waals surface area contributed by atoms with Crippen LogP contribution in [-0.2, 0) is 55.8 Å². The maximum Gasteiger partial charge on any atom is 0.490 e. The second-order valence-corrected chi connectivity index (χ2v) is 38.6. The minimum atomic E-state index is -5.08. The number of aliphatic hydroxyl groups is 7. The molecule has 25 nitrogen and oxygen atoms in total. The van der Waals surface area contributed by atoms with E-state index in [0.717, 1.165) is 113 Å². The Morgan fingerprint density at radius 2 is 0.527 bits per heavy atom. The first-order valence-corrected chi connectivity index (χ1v) is 49.5. The van der Waals surface area contributed by atoms with E-state index in [9.17, 15) is 88.4 Å². The molecule has 0 unspecified atom stereocenters. The van der Waals surface area contributed by atoms with Crippen LogP contribution < -0.4 is 0 Å². The molecule has 0 saturated heterocycles. The number of aromatic nitrogens is 14. The van der Waals surface area contributed by atoms with Gasteiger partial charge in [-0.15, -0.1) is 0 Å². The lowest BCUT2D eigenvalue weighted by Crippen LogP contribution is -2.21. The summed E-state index contributed by atoms with van der Waals surface area (Å²) in [5, 5.41) is 83.8. The van der Waals surface area contributed by atoms with Crippen LogP contribution in [0.25, 0.3) is 118 Å². The van der Waals surface area contributed by atoms with Crippen LogP contribution >= 0.6 is 154 Å². The van der Waals surface area contributed by atoms with E-state index in [1.165, 1.54) is 42.6 Å². The number of rotatable bonds is 14. The Kier molecular flexibility index (Phi) is 39.1. The Balaban J connectivity index is 0.000000143. The average Bonchev–Trinajstić information content (AvgIpc) is 1.68. The second-order valence-electron chi connectivity index (χ2n) is 31.0. The minimum Gasteiger partial charge on any atom is -0.475 e. The predicted octanol–water partition coefficient (Wildman–Crippen LogP) is 27.4. The highest BCUT2D eigenvalue weighted by molar-refractivity contribution is 9.11. The van der Waals surface area contributed by atoms with Crippen LogP contribution in [0.5, 0.6) is 0 Å². The van der Waals surface area contributed by atoms with Gasteiger partial charge in [-0.2, -0.15) is 26.3 Å². The fourth-order valence-electron chi connectivity index (χ4n) is 14.5. The molecule has 0 fully saturated rings. The van der Waals surface area contributed by atoms with Gasteiger partial charge in [0.2, 0.25) is 0 Å². The molecule has 9 N–H and O–H groups in total. The number of halogens is 23. The summed E-state index contributed by atoms with van der Waals surface area (Å²) >= 11 is 49.8. The number of aliphatic hydroxyl groups excluding tert-OH is 7. The molecule has 21 aromatic rings. The van der Waals surface area contributed by atoms with E-state index in [-0.39, 0.29) is 62.7 Å². The zero-order chi connectivity index (χ0) is 109. The normalized spacial score (nSPS) is 11.2. The molecular weight excluding hydrogens is 2480 g/mol. The Labute approximate surface area is 915 Å². The van der Waals surface area contributed by atoms with E-state index in [4.69, 9.17) is 77.8 Å². The van der Waals surface area contributed by atoms with Crippen molar-refractivity contribution in [2.24, 2.45) is 0 Å². The summed E-state index contributed by atoms with van der Waals surface area (Å²) in [6.45, 7) is -1.20. The molecule has 150 heavy (non-hydrogen) atoms. The molecule has 0 aliphatic rings. The summed E-state index contributed by atoms with van der Waals surface area (Å²) in [6, 6.07) is 66.3. The van der Waals surface area contributed by atoms with Gasteiger partial charge in [0.1, 0.15) is 62.8 Å². The zero-order valence-corrected chi connectivity index (χ0v) is 89.1. The summed E-state index contributed by atoms with van der Waals surface area (Å²) in [4.78, 5) is 49.0. The third kappa shape index (κ3) is 28.1. The summed E-state index contributed by atoms with van der Waals surface area (Å²) in [6.07, 6.45) is 1.94. The molecule has 0 amide bonds. The molecule has 0 radical (unpaired) electrons. The van der Waals surface area contributed by atoms with Gasteiger partial charge in [0.15, 0.2) is 11.6 Å². The van der Waals surface area contributed by atoms with Gasteiger partial charge >= 0.3 is 24.3 Å². The zero-order valence-electron chi connectivity index (χ0n) is 75.8. The third-order valence-electron chi connectivity index (χ3n) is 21.4. The second kappa shape index (κ2) is 51.1. The van der Waals surface area contributed by atoms with Crippen LogP contribution in [0.1, 0.15) is 39.9 Å². The van der Waals surface area contributed by atoms with E-state index >= 15 is 0 Å². The number of hydrogen-bond donors (Lipinski definition) is 9. The van der Waals surface area contributed by atoms with Crippen molar-refractivity contribution in [3.8, 4) is 78.8 Å². The molecular formula is C102H69Br6Cl5F12N14O11. The monoisotopic (exact) mass is 2540 g/mol. The maximum absolute atomic E-state index is 13.9. The van der Waals surface area contributed by atoms with E-state index in [2.05, 4.69) is 130 Å². The minimum absolute atomic E-state index is 0.0321. The van der Waals surface area contributed by atoms with E-state index < -0.39 is 53.4 Å². The fourth-order valence-corrected chi connectivity index (χ4v) is 17.2. The molecule has 21 rings (SSSR count). The summed E-state index contributed by atoms with van der Waals surface area (Å²) in [5.41, 5.74) is 18.5. The molecule has 0 aliphatic carbocycles. The highest BCUT2D eigenvalue weighted by atomic mass is 79.9. The van der Waals surface area contributed by atoms with E-state index in [1.54, 1.807) is 115 Å². The number of fused-ring (bicyclic) bond motifs is 7. The van der Waals surface area contributed by atoms with Crippen molar-refractivity contribution in [1.29, 1.82) is 0 Å². The SMILES string of the molecule is O=C(O)C(F)(F)F.O=C(O)C(F)(F)F.OCc1c(-c2ccc(Br)cc2)nc2ccc(Br)cn12.OCc1c(-c2ccc(Br)cc2)nc2ccc(Cl)cn12.OCc1c(-c2ccc(Cl)cc2)nc2cc(Cl)ccn12.OCc1c(-c2ccc(Cl)cc2)nc2ccc(F)cn12.OCc1c(-c2ccc(F)c(Cl)c2)nc2ccc(Br)cn12.OCc1c(-c2ccc(F)c(F)c2)nc2ccc(Br)cn12.OCc1c(-c2ccc(F)cc2F)nc2ccc(Br)cn12. The number of benzene rings is 7. The first-order chi connectivity index (χ1) is 71.4. The van der Waals surface area contributed by atoms with Gasteiger partial charge < -0.3 is 50.4 Å². The average molecular weight is 2550 g/mol. The van der Waals surface area contributed by atoms with Crippen molar-refractivity contribution in [2.45, 2.75) is 58.6 Å². The highest BCUT2D eigenvalue weighted by Gasteiger charge is 2.39. The maximum atomic E-state index is 13.9. The van der Waals surface area contributed by atoms with Crippen LogP contribution in [0.2, 0.25) is 25.1 Å². The van der Waals surface area contributed by atoms with Crippen LogP contribution in [0.15, 0.2) is 307 Å². The number of nitrogens with zero attached hydrogens (tertiary/aromatic N) is 14. The number of hydrogen-bond acceptors (Lipinski definition) is 16. The molecule has 0 atom stereocenters. The van der Waals surface area contributed by atoms with Gasteiger partial charge in [0.05, 0.1) is 136 Å². The largest absolute Gasteiger partial charge is 0.490 e. The molecule has 7 aromatic carbocycles. The lowest BCUT2D eigenvalue weighted by molar-refractivity contribution is -0.193. The van der Waals surface area contributed by atoms with Gasteiger partial charge in [-0.1, -0.05) is 138 Å². The van der Waals surface area contributed by atoms with Crippen LogP contribution in [0.4, 0.5) is 52.7 Å². The number of carboxylic acids is 2. The van der Waals surface area contributed by atoms with Gasteiger partial charge in [-0.3, -0.25) is 26.4 Å². The standard InChI is InChI=1S/C14H10Br2N2O.C14H9BrClFN2O.C14H10BrClN2O.2C14H9BrF2N2O.C14H10Cl2N2O.C14H10ClFN2O.2C2HF3O2/c15-10-3-1-9(2-4-10)14-12(8-19)18-7-11(16)5-6-13(18)17-14;15-9-2-4-13-18-14(12(7-20)19(13)6-9)8-1-3-11(17)10(16)5-8;15-10-3-1-9(2-4-10)14-12(8-19)18-7-11(16)5-6-13(18)17-14;15-8-1-4-13-18-14(12(7-20)19(13)6-8)10-3-2-9(16)5-11(10)17;15-9-2-4-13-18-14(12(7-20)19(13)6-9)8-1-3-10(16)11(17)5-8;15-10-3-1-9(2-4-10)14-12(8-19)18-6-5-11(16)7-13(18)17-14;15-10-3-1-9(2-4-10)14-12(8-19)18-7-11(16)5-6-13(18)17-14;2*3-2(4,5)1(6)7/h1-7,19H,8H2;1-6,20H,7H2;1-7,19H,8H2;2*1-6,20H,7H2;2*1-7,19H,8H2;2*(H,6,7). The van der Waals surface area contributed by atoms with Crippen molar-refractivity contribution >= 4 is 205 Å². The van der Waals surface area contributed by atoms with Gasteiger partial charge in [0, 0.05) is 136 Å². The van der Waals surface area contributed by atoms with Crippen LogP contribution in [0, 0.1) is 34.9 Å². The number of alkyl halides is 6. The molecule has 48 heteroatoms. The van der Waals surface area contributed by atoms with Crippen LogP contribution in [0.3, 0.4) is 0 Å². The molecule has 14 heterocycles. The van der Waals surface area contributed by atoms with Gasteiger partial charge in [0.25, 0.3) is 0 Å². The van der Waals surface area contributed by atoms with Crippen molar-refractivity contribution in [1.82, 2.24) is 65.7 Å². The lowest BCUT2D eigenvalue weighted by atomic mass is 10.1. The summed E-state index contributed by atoms with van der Waals surface area (Å²) in [5.74, 6) is -9.57. The van der Waals surface area contributed by atoms with Crippen molar-refractivity contribution < 1.29 is 108 Å². The molecule has 0 aliphatic heterocycles. The van der Waals surface area contributed by atoms with Gasteiger partial charge in [-0.05, 0) is 240 Å². The predicted molar refractivity (Wildman–Crippen MR) is 564 cm³/mol. The quantitative estimate of drug-likeness (QED) is 0.0457. The Bertz CT molecular complexity index is 7930. The first-order valence-electron chi connectivity index (χ1n) is 42.9. The molecule has 0 bridgehead atoms. The molecule has 0 saturated carbocycles. The van der Waals surface area contributed by atoms with E-state index in [0.29, 0.717) is 105 Å². The summed E-state index contributed by atoms with van der Waals surface area (Å²) in [7, 11) is 0. The molecule has 14 aromatic heterocycles. The van der Waals surface area contributed by atoms with Gasteiger partial charge in [-0.25, -0.2) is 70.8 Å². The number of aliphatic carboxylic acids is 2. The highest BCUT2D eigenvalue weighted by Crippen LogP contribution is 2.37. The van der Waals surface area contributed by atoms with Crippen molar-refractivity contribution in [2.75, 3.05) is 0 Å². The van der Waals surface area contributed by atoms with Crippen LogP contribution in [-0.4, -0.2) is 136 Å². The smallest absolute Gasteiger partial charge is 0.475 e. The Hall–Kier alpha value is -12.5. The number of pyridine rings is 7. The van der Waals surface area contributed by atoms with E-state index in [1.807, 2.05) is 135 Å². The third-order valence-corrected chi connectivity index (χ3v) is 25.5. The first kappa shape index (κ1) is 115. The van der Waals surface area contributed by atoms with Crippen molar-refractivity contribution in [3.05, 3.63) is 407 Å². The Morgan fingerprint density at radius 3 is 0.873 bits per heavy atom.